The summed E-state index contributed by atoms with van der Waals surface area (Å²) < 4.78 is 41.6. The van der Waals surface area contributed by atoms with E-state index >= 15 is 0 Å². The van der Waals surface area contributed by atoms with Crippen LogP contribution in [0.15, 0.2) is 0 Å². The van der Waals surface area contributed by atoms with Crippen LogP contribution >= 0.6 is 0 Å². The summed E-state index contributed by atoms with van der Waals surface area (Å²) in [6.07, 6.45) is -2.58. The number of hydrogen-bond acceptors (Lipinski definition) is 2. The molecule has 0 aromatic carbocycles. The van der Waals surface area contributed by atoms with E-state index in [0.29, 0.717) is 12.8 Å². The van der Waals surface area contributed by atoms with E-state index in [-0.39, 0.29) is 18.2 Å². The highest BCUT2D eigenvalue weighted by molar-refractivity contribution is 5.81. The van der Waals surface area contributed by atoms with Crippen LogP contribution < -0.4 is 0 Å². The normalized spacial score (nSPS) is 34.5. The minimum absolute atomic E-state index is 0.0761. The maximum Gasteiger partial charge on any atom is 0.471 e. The molecule has 0 aromatic rings. The first-order chi connectivity index (χ1) is 6.89. The number of fused-ring (bicyclic) bond motifs is 1. The molecule has 3 unspecified atom stereocenters. The Kier molecular flexibility index (Phi) is 2.41. The Morgan fingerprint density at radius 3 is 2.53 bits per heavy atom. The van der Waals surface area contributed by atoms with Crippen LogP contribution in [-0.4, -0.2) is 42.3 Å². The van der Waals surface area contributed by atoms with E-state index in [4.69, 9.17) is 4.74 Å². The third-order valence-corrected chi connectivity index (χ3v) is 3.09. The lowest BCUT2D eigenvalue weighted by Gasteiger charge is -2.30. The summed E-state index contributed by atoms with van der Waals surface area (Å²) in [5.41, 5.74) is 0. The molecule has 1 aliphatic heterocycles. The Bertz CT molecular complexity index is 279. The number of ether oxygens (including phenoxy) is 1. The van der Waals surface area contributed by atoms with E-state index in [2.05, 4.69) is 0 Å². The zero-order chi connectivity index (χ0) is 11.2. The second-order valence-electron chi connectivity index (χ2n) is 4.09. The highest BCUT2D eigenvalue weighted by Crippen LogP contribution is 2.38. The third kappa shape index (κ3) is 2.09. The second kappa shape index (κ2) is 3.37. The second-order valence-corrected chi connectivity index (χ2v) is 4.09. The molecule has 2 fully saturated rings. The number of epoxide rings is 1. The van der Waals surface area contributed by atoms with Gasteiger partial charge in [-0.05, 0) is 19.3 Å². The first-order valence-electron chi connectivity index (χ1n) is 4.89. The van der Waals surface area contributed by atoms with E-state index in [1.807, 2.05) is 0 Å². The first kappa shape index (κ1) is 10.7. The summed E-state index contributed by atoms with van der Waals surface area (Å²) in [4.78, 5) is 11.7. The standard InChI is InChI=1S/C9H12F3NO2/c1-13(8(14)9(10,11)12)5-2-3-6-7(4-5)15-6/h5-7H,2-4H2,1H3. The molecular formula is C9H12F3NO2. The Morgan fingerprint density at radius 1 is 1.33 bits per heavy atom. The molecule has 0 spiro atoms. The minimum atomic E-state index is -4.77. The zero-order valence-electron chi connectivity index (χ0n) is 8.25. The van der Waals surface area contributed by atoms with Crippen LogP contribution in [0.4, 0.5) is 13.2 Å². The Labute approximate surface area is 85.2 Å². The van der Waals surface area contributed by atoms with Gasteiger partial charge < -0.3 is 9.64 Å². The summed E-state index contributed by atoms with van der Waals surface area (Å²) in [7, 11) is 1.21. The molecule has 6 heteroatoms. The van der Waals surface area contributed by atoms with Crippen LogP contribution in [0.3, 0.4) is 0 Å². The van der Waals surface area contributed by atoms with Gasteiger partial charge in [0.2, 0.25) is 0 Å². The molecule has 1 aliphatic carbocycles. The molecule has 1 saturated carbocycles. The SMILES string of the molecule is CN(C(=O)C(F)(F)F)C1CCC2OC2C1. The predicted molar refractivity (Wildman–Crippen MR) is 45.1 cm³/mol. The predicted octanol–water partition coefficient (Wildman–Crippen LogP) is 1.33. The Hall–Kier alpha value is -0.780. The van der Waals surface area contributed by atoms with Gasteiger partial charge in [-0.2, -0.15) is 13.2 Å². The van der Waals surface area contributed by atoms with Crippen molar-refractivity contribution in [1.82, 2.24) is 4.90 Å². The topological polar surface area (TPSA) is 32.8 Å². The molecule has 2 rings (SSSR count). The molecule has 1 amide bonds. The fourth-order valence-electron chi connectivity index (χ4n) is 2.10. The van der Waals surface area contributed by atoms with Crippen LogP contribution in [0.2, 0.25) is 0 Å². The average Bonchev–Trinajstić information content (AvgIpc) is 2.91. The van der Waals surface area contributed by atoms with Crippen molar-refractivity contribution in [1.29, 1.82) is 0 Å². The van der Waals surface area contributed by atoms with Gasteiger partial charge in [0, 0.05) is 13.1 Å². The van der Waals surface area contributed by atoms with Gasteiger partial charge in [0.25, 0.3) is 0 Å². The Balaban J connectivity index is 1.95. The van der Waals surface area contributed by atoms with Crippen LogP contribution in [0.25, 0.3) is 0 Å². The summed E-state index contributed by atoms with van der Waals surface area (Å²) in [6, 6.07) is -0.331. The molecule has 0 radical (unpaired) electrons. The summed E-state index contributed by atoms with van der Waals surface area (Å²) in [5, 5.41) is 0. The number of alkyl halides is 3. The molecule has 3 atom stereocenters. The van der Waals surface area contributed by atoms with Crippen molar-refractivity contribution in [3.05, 3.63) is 0 Å². The smallest absolute Gasteiger partial charge is 0.370 e. The van der Waals surface area contributed by atoms with Crippen molar-refractivity contribution in [2.75, 3.05) is 7.05 Å². The maximum atomic E-state index is 12.1. The largest absolute Gasteiger partial charge is 0.471 e. The highest BCUT2D eigenvalue weighted by Gasteiger charge is 2.49. The molecule has 3 nitrogen and oxygen atoms in total. The molecule has 1 saturated heterocycles. The van der Waals surface area contributed by atoms with Crippen LogP contribution in [-0.2, 0) is 9.53 Å². The van der Waals surface area contributed by atoms with E-state index < -0.39 is 12.1 Å². The number of amides is 1. The summed E-state index contributed by atoms with van der Waals surface area (Å²) in [6.45, 7) is 0. The van der Waals surface area contributed by atoms with Crippen LogP contribution in [0.5, 0.6) is 0 Å². The van der Waals surface area contributed by atoms with Crippen molar-refractivity contribution < 1.29 is 22.7 Å². The fourth-order valence-corrected chi connectivity index (χ4v) is 2.10. The molecule has 0 bridgehead atoms. The van der Waals surface area contributed by atoms with Gasteiger partial charge in [-0.1, -0.05) is 0 Å². The number of rotatable bonds is 1. The van der Waals surface area contributed by atoms with Gasteiger partial charge in [-0.3, -0.25) is 4.79 Å². The van der Waals surface area contributed by atoms with Gasteiger partial charge in [-0.25, -0.2) is 0 Å². The molecule has 0 N–H and O–H groups in total. The van der Waals surface area contributed by atoms with E-state index in [0.717, 1.165) is 11.3 Å². The molecule has 2 aliphatic rings. The number of nitrogens with zero attached hydrogens (tertiary/aromatic N) is 1. The number of halogens is 3. The van der Waals surface area contributed by atoms with Crippen molar-refractivity contribution in [3.63, 3.8) is 0 Å². The number of hydrogen-bond donors (Lipinski definition) is 0. The summed E-state index contributed by atoms with van der Waals surface area (Å²) >= 11 is 0. The maximum absolute atomic E-state index is 12.1. The summed E-state index contributed by atoms with van der Waals surface area (Å²) in [5.74, 6) is -1.76. The van der Waals surface area contributed by atoms with E-state index in [1.165, 1.54) is 7.05 Å². The first-order valence-corrected chi connectivity index (χ1v) is 4.89. The van der Waals surface area contributed by atoms with Gasteiger partial charge in [0.1, 0.15) is 0 Å². The highest BCUT2D eigenvalue weighted by atomic mass is 19.4. The van der Waals surface area contributed by atoms with Gasteiger partial charge >= 0.3 is 12.1 Å². The van der Waals surface area contributed by atoms with Gasteiger partial charge in [-0.15, -0.1) is 0 Å². The lowest BCUT2D eigenvalue weighted by Crippen LogP contribution is -2.46. The molecular weight excluding hydrogens is 211 g/mol. The van der Waals surface area contributed by atoms with Crippen molar-refractivity contribution in [3.8, 4) is 0 Å². The zero-order valence-corrected chi connectivity index (χ0v) is 8.25. The van der Waals surface area contributed by atoms with E-state index in [9.17, 15) is 18.0 Å². The minimum Gasteiger partial charge on any atom is -0.370 e. The van der Waals surface area contributed by atoms with Crippen molar-refractivity contribution in [2.24, 2.45) is 0 Å². The third-order valence-electron chi connectivity index (χ3n) is 3.09. The number of carbonyl (C=O) groups excluding carboxylic acids is 1. The van der Waals surface area contributed by atoms with Gasteiger partial charge in [0.05, 0.1) is 12.2 Å². The van der Waals surface area contributed by atoms with Crippen LogP contribution in [0, 0.1) is 0 Å². The molecule has 1 heterocycles. The number of carbonyl (C=O) groups is 1. The monoisotopic (exact) mass is 223 g/mol. The average molecular weight is 223 g/mol. The van der Waals surface area contributed by atoms with Gasteiger partial charge in [0.15, 0.2) is 0 Å². The lowest BCUT2D eigenvalue weighted by molar-refractivity contribution is -0.186. The fraction of sp³-hybridized carbons (Fsp3) is 0.889. The van der Waals surface area contributed by atoms with Crippen molar-refractivity contribution >= 4 is 5.91 Å². The Morgan fingerprint density at radius 2 is 2.00 bits per heavy atom. The lowest BCUT2D eigenvalue weighted by atomic mass is 9.94. The molecule has 15 heavy (non-hydrogen) atoms. The molecule has 86 valence electrons. The van der Waals surface area contributed by atoms with E-state index in [1.54, 1.807) is 0 Å². The van der Waals surface area contributed by atoms with Crippen LogP contribution in [0.1, 0.15) is 19.3 Å². The molecule has 0 aromatic heterocycles. The van der Waals surface area contributed by atoms with Crippen molar-refractivity contribution in [2.45, 2.75) is 43.7 Å². The quantitative estimate of drug-likeness (QED) is 0.628.